The molecular weight excluding hydrogens is 402 g/mol. The lowest BCUT2D eigenvalue weighted by molar-refractivity contribution is -0.117. The smallest absolute Gasteiger partial charge is 0.268 e. The molecule has 3 aromatic rings. The van der Waals surface area contributed by atoms with Gasteiger partial charge in [-0.1, -0.05) is 43.5 Å². The Morgan fingerprint density at radius 1 is 0.969 bits per heavy atom. The van der Waals surface area contributed by atoms with E-state index in [-0.39, 0.29) is 11.6 Å². The number of ether oxygens (including phenoxy) is 1. The van der Waals surface area contributed by atoms with E-state index < -0.39 is 5.91 Å². The van der Waals surface area contributed by atoms with Gasteiger partial charge in [-0.05, 0) is 59.7 Å². The fraction of sp³-hybridized carbons (Fsp3) is 0.0385. The van der Waals surface area contributed by atoms with Crippen molar-refractivity contribution in [3.8, 4) is 5.75 Å². The first kappa shape index (κ1) is 22.2. The lowest BCUT2D eigenvalue weighted by atomic mass is 10.1. The standard InChI is InChI=1S/C26H23N3O3/c1-3-19(2)32-23-11-9-20(10-12-23)17-24(29-25(30)22-7-5-4-6-8-22)26(31)28-18-21-13-15-27-16-14-21/h3-17H,1-2,18H2,(H,28,31)(H,29,30). The third-order valence-electron chi connectivity index (χ3n) is 4.40. The third-order valence-corrected chi connectivity index (χ3v) is 4.40. The first-order valence-corrected chi connectivity index (χ1v) is 9.89. The van der Waals surface area contributed by atoms with Crippen LogP contribution in [-0.4, -0.2) is 16.8 Å². The number of carbonyl (C=O) groups is 2. The number of carbonyl (C=O) groups excluding carboxylic acids is 2. The molecule has 0 fully saturated rings. The van der Waals surface area contributed by atoms with E-state index in [1.165, 1.54) is 6.08 Å². The molecule has 0 aliphatic carbocycles. The molecule has 0 unspecified atom stereocenters. The van der Waals surface area contributed by atoms with Gasteiger partial charge in [0.25, 0.3) is 11.8 Å². The number of amides is 2. The molecule has 0 atom stereocenters. The van der Waals surface area contributed by atoms with Crippen LogP contribution in [0.2, 0.25) is 0 Å². The number of nitrogens with zero attached hydrogens (tertiary/aromatic N) is 1. The summed E-state index contributed by atoms with van der Waals surface area (Å²) in [4.78, 5) is 29.5. The van der Waals surface area contributed by atoms with E-state index in [0.29, 0.717) is 29.2 Å². The summed E-state index contributed by atoms with van der Waals surface area (Å²) in [5, 5.41) is 5.54. The van der Waals surface area contributed by atoms with Gasteiger partial charge in [-0.3, -0.25) is 14.6 Å². The normalized spacial score (nSPS) is 10.7. The van der Waals surface area contributed by atoms with Crippen molar-refractivity contribution in [3.05, 3.63) is 127 Å². The highest BCUT2D eigenvalue weighted by Gasteiger charge is 2.14. The molecular formula is C26H23N3O3. The third kappa shape index (κ3) is 6.53. The number of rotatable bonds is 9. The molecule has 160 valence electrons. The fourth-order valence-electron chi connectivity index (χ4n) is 2.71. The Morgan fingerprint density at radius 2 is 1.66 bits per heavy atom. The highest BCUT2D eigenvalue weighted by atomic mass is 16.5. The summed E-state index contributed by atoms with van der Waals surface area (Å²) in [6, 6.07) is 19.4. The fourth-order valence-corrected chi connectivity index (χ4v) is 2.71. The van der Waals surface area contributed by atoms with E-state index >= 15 is 0 Å². The van der Waals surface area contributed by atoms with Crippen molar-refractivity contribution in [1.82, 2.24) is 15.6 Å². The molecule has 3 rings (SSSR count). The zero-order chi connectivity index (χ0) is 22.8. The van der Waals surface area contributed by atoms with Gasteiger partial charge in [0.05, 0.1) is 0 Å². The second-order valence-electron chi connectivity index (χ2n) is 6.76. The SMILES string of the molecule is C=CC(=C)Oc1ccc(C=C(NC(=O)c2ccccc2)C(=O)NCc2ccncc2)cc1. The molecule has 32 heavy (non-hydrogen) atoms. The summed E-state index contributed by atoms with van der Waals surface area (Å²) in [5.41, 5.74) is 2.18. The van der Waals surface area contributed by atoms with Crippen LogP contribution >= 0.6 is 0 Å². The molecule has 0 aliphatic rings. The van der Waals surface area contributed by atoms with Crippen LogP contribution in [0.15, 0.2) is 110 Å². The Bertz CT molecular complexity index is 1120. The number of hydrogen-bond acceptors (Lipinski definition) is 4. The average Bonchev–Trinajstić information content (AvgIpc) is 2.84. The topological polar surface area (TPSA) is 80.3 Å². The van der Waals surface area contributed by atoms with Gasteiger partial charge in [0.15, 0.2) is 0 Å². The largest absolute Gasteiger partial charge is 0.458 e. The molecule has 0 aliphatic heterocycles. The molecule has 0 saturated carbocycles. The van der Waals surface area contributed by atoms with Crippen molar-refractivity contribution in [2.24, 2.45) is 0 Å². The minimum Gasteiger partial charge on any atom is -0.458 e. The van der Waals surface area contributed by atoms with E-state index in [1.54, 1.807) is 67.0 Å². The maximum absolute atomic E-state index is 12.9. The first-order chi connectivity index (χ1) is 15.5. The quantitative estimate of drug-likeness (QED) is 0.305. The van der Waals surface area contributed by atoms with Gasteiger partial charge in [0, 0.05) is 24.5 Å². The van der Waals surface area contributed by atoms with E-state index in [4.69, 9.17) is 4.74 Å². The monoisotopic (exact) mass is 425 g/mol. The zero-order valence-electron chi connectivity index (χ0n) is 17.5. The second-order valence-corrected chi connectivity index (χ2v) is 6.76. The van der Waals surface area contributed by atoms with Gasteiger partial charge in [0.2, 0.25) is 0 Å². The summed E-state index contributed by atoms with van der Waals surface area (Å²) in [5.74, 6) is 0.230. The lowest BCUT2D eigenvalue weighted by Crippen LogP contribution is -2.34. The van der Waals surface area contributed by atoms with E-state index in [1.807, 2.05) is 18.2 Å². The number of nitrogens with one attached hydrogen (secondary N) is 2. The van der Waals surface area contributed by atoms with Crippen LogP contribution in [0.25, 0.3) is 6.08 Å². The van der Waals surface area contributed by atoms with Crippen molar-refractivity contribution in [1.29, 1.82) is 0 Å². The van der Waals surface area contributed by atoms with Crippen LogP contribution < -0.4 is 15.4 Å². The summed E-state index contributed by atoms with van der Waals surface area (Å²) in [6.07, 6.45) is 6.42. The molecule has 6 heteroatoms. The summed E-state index contributed by atoms with van der Waals surface area (Å²) in [7, 11) is 0. The van der Waals surface area contributed by atoms with Gasteiger partial charge < -0.3 is 15.4 Å². The van der Waals surface area contributed by atoms with Crippen LogP contribution in [0, 0.1) is 0 Å². The van der Waals surface area contributed by atoms with Crippen molar-refractivity contribution in [3.63, 3.8) is 0 Å². The molecule has 2 N–H and O–H groups in total. The van der Waals surface area contributed by atoms with Crippen LogP contribution in [0.3, 0.4) is 0 Å². The summed E-state index contributed by atoms with van der Waals surface area (Å²) < 4.78 is 5.49. The Kier molecular flexibility index (Phi) is 7.70. The number of hydrogen-bond donors (Lipinski definition) is 2. The van der Waals surface area contributed by atoms with Crippen molar-refractivity contribution >= 4 is 17.9 Å². The molecule has 0 spiro atoms. The Morgan fingerprint density at radius 3 is 2.31 bits per heavy atom. The maximum Gasteiger partial charge on any atom is 0.268 e. The van der Waals surface area contributed by atoms with Gasteiger partial charge in [-0.15, -0.1) is 0 Å². The summed E-state index contributed by atoms with van der Waals surface area (Å²) in [6.45, 7) is 7.62. The van der Waals surface area contributed by atoms with Gasteiger partial charge in [-0.2, -0.15) is 0 Å². The predicted octanol–water partition coefficient (Wildman–Crippen LogP) is 4.25. The number of benzene rings is 2. The Balaban J connectivity index is 1.80. The van der Waals surface area contributed by atoms with Gasteiger partial charge in [-0.25, -0.2) is 0 Å². The van der Waals surface area contributed by atoms with Crippen molar-refractivity contribution < 1.29 is 14.3 Å². The summed E-state index contributed by atoms with van der Waals surface area (Å²) >= 11 is 0. The number of pyridine rings is 1. The first-order valence-electron chi connectivity index (χ1n) is 9.89. The highest BCUT2D eigenvalue weighted by molar-refractivity contribution is 6.05. The van der Waals surface area contributed by atoms with Crippen LogP contribution in [-0.2, 0) is 11.3 Å². The van der Waals surface area contributed by atoms with Crippen LogP contribution in [0.1, 0.15) is 21.5 Å². The molecule has 2 aromatic carbocycles. The predicted molar refractivity (Wildman–Crippen MR) is 124 cm³/mol. The number of allylic oxidation sites excluding steroid dienone is 1. The maximum atomic E-state index is 12.9. The van der Waals surface area contributed by atoms with Gasteiger partial charge >= 0.3 is 0 Å². The molecule has 0 saturated heterocycles. The number of aromatic nitrogens is 1. The molecule has 2 amide bonds. The van der Waals surface area contributed by atoms with E-state index in [0.717, 1.165) is 5.56 Å². The molecule has 1 heterocycles. The Labute approximate surface area is 187 Å². The Hall–Kier alpha value is -4.45. The molecule has 6 nitrogen and oxygen atoms in total. The molecule has 0 bridgehead atoms. The van der Waals surface area contributed by atoms with Gasteiger partial charge in [0.1, 0.15) is 17.2 Å². The molecule has 0 radical (unpaired) electrons. The van der Waals surface area contributed by atoms with Crippen molar-refractivity contribution in [2.75, 3.05) is 0 Å². The van der Waals surface area contributed by atoms with Crippen LogP contribution in [0.4, 0.5) is 0 Å². The second kappa shape index (κ2) is 11.1. The van der Waals surface area contributed by atoms with Crippen molar-refractivity contribution in [2.45, 2.75) is 6.54 Å². The molecule has 1 aromatic heterocycles. The van der Waals surface area contributed by atoms with E-state index in [2.05, 4.69) is 28.8 Å². The highest BCUT2D eigenvalue weighted by Crippen LogP contribution is 2.17. The lowest BCUT2D eigenvalue weighted by Gasteiger charge is -2.12. The minimum atomic E-state index is -0.411. The zero-order valence-corrected chi connectivity index (χ0v) is 17.5. The minimum absolute atomic E-state index is 0.122. The van der Waals surface area contributed by atoms with Crippen LogP contribution in [0.5, 0.6) is 5.75 Å². The van der Waals surface area contributed by atoms with E-state index in [9.17, 15) is 9.59 Å². The average molecular weight is 425 g/mol.